The fraction of sp³-hybridized carbons (Fsp3) is 0.571. The first-order valence-corrected chi connectivity index (χ1v) is 7.97. The average molecular weight is 361 g/mol. The molecule has 1 fully saturated rings. The summed E-state index contributed by atoms with van der Waals surface area (Å²) in [6.45, 7) is 3.21. The van der Waals surface area contributed by atoms with Gasteiger partial charge < -0.3 is 5.32 Å². The molecule has 0 amide bonds. The second-order valence-electron chi connectivity index (χ2n) is 4.85. The molecule has 1 saturated carbocycles. The third-order valence-electron chi connectivity index (χ3n) is 3.53. The number of rotatable bonds is 5. The lowest BCUT2D eigenvalue weighted by Crippen LogP contribution is -2.25. The predicted octanol–water partition coefficient (Wildman–Crippen LogP) is 5.05. The van der Waals surface area contributed by atoms with Gasteiger partial charge in [-0.3, -0.25) is 0 Å². The summed E-state index contributed by atoms with van der Waals surface area (Å²) in [5, 5.41) is 3.61. The molecule has 3 heteroatoms. The third kappa shape index (κ3) is 3.80. The van der Waals surface area contributed by atoms with E-state index in [0.717, 1.165) is 21.4 Å². The van der Waals surface area contributed by atoms with Crippen LogP contribution in [0, 0.1) is 5.92 Å². The molecule has 94 valence electrons. The smallest absolute Gasteiger partial charge is 0.0323 e. The van der Waals surface area contributed by atoms with Gasteiger partial charge in [0.2, 0.25) is 0 Å². The Kier molecular flexibility index (Phi) is 5.07. The summed E-state index contributed by atoms with van der Waals surface area (Å²) in [5.41, 5.74) is 1.39. The summed E-state index contributed by atoms with van der Waals surface area (Å²) in [5.74, 6) is 0.928. The molecule has 1 aromatic carbocycles. The van der Waals surface area contributed by atoms with Gasteiger partial charge in [-0.1, -0.05) is 58.0 Å². The zero-order valence-electron chi connectivity index (χ0n) is 10.2. The lowest BCUT2D eigenvalue weighted by molar-refractivity contribution is 0.262. The molecular weight excluding hydrogens is 342 g/mol. The van der Waals surface area contributed by atoms with E-state index in [1.54, 1.807) is 0 Å². The van der Waals surface area contributed by atoms with Gasteiger partial charge in [-0.2, -0.15) is 0 Å². The second-order valence-corrected chi connectivity index (χ2v) is 6.68. The summed E-state index contributed by atoms with van der Waals surface area (Å²) < 4.78 is 2.30. The standard InChI is InChI=1S/C14H19Br2N/c1-2-17-14(6-10-4-3-5-10)11-7-12(15)9-13(16)8-11/h7-10,14,17H,2-6H2,1H3. The van der Waals surface area contributed by atoms with Crippen molar-refractivity contribution in [2.45, 2.75) is 38.6 Å². The molecule has 0 radical (unpaired) electrons. The molecule has 0 saturated heterocycles. The molecule has 1 nitrogen and oxygen atoms in total. The Morgan fingerprint density at radius 1 is 1.24 bits per heavy atom. The largest absolute Gasteiger partial charge is 0.310 e. The zero-order valence-corrected chi connectivity index (χ0v) is 13.4. The van der Waals surface area contributed by atoms with E-state index in [1.807, 2.05) is 0 Å². The van der Waals surface area contributed by atoms with Crippen LogP contribution in [0.25, 0.3) is 0 Å². The predicted molar refractivity (Wildman–Crippen MR) is 80.2 cm³/mol. The minimum absolute atomic E-state index is 0.499. The van der Waals surface area contributed by atoms with Gasteiger partial charge in [0.1, 0.15) is 0 Å². The molecule has 0 spiro atoms. The van der Waals surface area contributed by atoms with Crippen molar-refractivity contribution in [3.8, 4) is 0 Å². The minimum Gasteiger partial charge on any atom is -0.310 e. The van der Waals surface area contributed by atoms with Gasteiger partial charge in [-0.15, -0.1) is 0 Å². The third-order valence-corrected chi connectivity index (χ3v) is 4.45. The SMILES string of the molecule is CCNC(CC1CCC1)c1cc(Br)cc(Br)c1. The number of nitrogens with one attached hydrogen (secondary N) is 1. The second kappa shape index (κ2) is 6.35. The molecule has 0 aromatic heterocycles. The van der Waals surface area contributed by atoms with Gasteiger partial charge in [-0.05, 0) is 42.6 Å². The van der Waals surface area contributed by atoms with Crippen molar-refractivity contribution in [2.24, 2.45) is 5.92 Å². The van der Waals surface area contributed by atoms with Gasteiger partial charge in [0.25, 0.3) is 0 Å². The van der Waals surface area contributed by atoms with Gasteiger partial charge in [0.15, 0.2) is 0 Å². The fourth-order valence-corrected chi connectivity index (χ4v) is 3.75. The highest BCUT2D eigenvalue weighted by molar-refractivity contribution is 9.11. The molecule has 1 N–H and O–H groups in total. The van der Waals surface area contributed by atoms with Crippen LogP contribution in [-0.2, 0) is 0 Å². The highest BCUT2D eigenvalue weighted by atomic mass is 79.9. The number of hydrogen-bond donors (Lipinski definition) is 1. The molecule has 1 aliphatic carbocycles. The van der Waals surface area contributed by atoms with E-state index in [9.17, 15) is 0 Å². The van der Waals surface area contributed by atoms with Crippen LogP contribution < -0.4 is 5.32 Å². The summed E-state index contributed by atoms with van der Waals surface area (Å²) in [6, 6.07) is 7.06. The molecular formula is C14H19Br2N. The van der Waals surface area contributed by atoms with E-state index in [4.69, 9.17) is 0 Å². The lowest BCUT2D eigenvalue weighted by atomic mass is 9.79. The maximum atomic E-state index is 3.61. The molecule has 1 aromatic rings. The molecule has 1 unspecified atom stereocenters. The highest BCUT2D eigenvalue weighted by Gasteiger charge is 2.22. The van der Waals surface area contributed by atoms with Crippen LogP contribution >= 0.6 is 31.9 Å². The monoisotopic (exact) mass is 359 g/mol. The Morgan fingerprint density at radius 2 is 1.88 bits per heavy atom. The van der Waals surface area contributed by atoms with E-state index in [1.165, 1.54) is 31.2 Å². The lowest BCUT2D eigenvalue weighted by Gasteiger charge is -2.30. The fourth-order valence-electron chi connectivity index (χ4n) is 2.42. The van der Waals surface area contributed by atoms with Crippen LogP contribution in [0.4, 0.5) is 0 Å². The van der Waals surface area contributed by atoms with Crippen molar-refractivity contribution in [1.82, 2.24) is 5.32 Å². The van der Waals surface area contributed by atoms with Crippen molar-refractivity contribution in [3.63, 3.8) is 0 Å². The zero-order chi connectivity index (χ0) is 12.3. The minimum atomic E-state index is 0.499. The first-order valence-electron chi connectivity index (χ1n) is 6.38. The maximum Gasteiger partial charge on any atom is 0.0323 e. The van der Waals surface area contributed by atoms with Gasteiger partial charge in [0.05, 0.1) is 0 Å². The first kappa shape index (κ1) is 13.6. The Labute approximate surface area is 121 Å². The topological polar surface area (TPSA) is 12.0 Å². The van der Waals surface area contributed by atoms with E-state index in [-0.39, 0.29) is 0 Å². The van der Waals surface area contributed by atoms with E-state index in [0.29, 0.717) is 6.04 Å². The molecule has 1 aliphatic rings. The summed E-state index contributed by atoms with van der Waals surface area (Å²) in [6.07, 6.45) is 5.52. The van der Waals surface area contributed by atoms with Crippen LogP contribution in [0.15, 0.2) is 27.1 Å². The van der Waals surface area contributed by atoms with E-state index in [2.05, 4.69) is 62.3 Å². The highest BCUT2D eigenvalue weighted by Crippen LogP contribution is 2.36. The van der Waals surface area contributed by atoms with E-state index >= 15 is 0 Å². The van der Waals surface area contributed by atoms with Crippen molar-refractivity contribution in [1.29, 1.82) is 0 Å². The van der Waals surface area contributed by atoms with Gasteiger partial charge >= 0.3 is 0 Å². The van der Waals surface area contributed by atoms with Crippen molar-refractivity contribution >= 4 is 31.9 Å². The maximum absolute atomic E-state index is 3.61. The van der Waals surface area contributed by atoms with E-state index < -0.39 is 0 Å². The van der Waals surface area contributed by atoms with Crippen molar-refractivity contribution < 1.29 is 0 Å². The van der Waals surface area contributed by atoms with Crippen LogP contribution in [0.5, 0.6) is 0 Å². The quantitative estimate of drug-likeness (QED) is 0.774. The molecule has 0 heterocycles. The van der Waals surface area contributed by atoms with Crippen LogP contribution in [0.2, 0.25) is 0 Å². The molecule has 1 atom stereocenters. The Hall–Kier alpha value is 0.140. The number of hydrogen-bond acceptors (Lipinski definition) is 1. The number of benzene rings is 1. The summed E-state index contributed by atoms with van der Waals surface area (Å²) in [7, 11) is 0. The summed E-state index contributed by atoms with van der Waals surface area (Å²) in [4.78, 5) is 0. The Morgan fingerprint density at radius 3 is 2.35 bits per heavy atom. The van der Waals surface area contributed by atoms with Crippen molar-refractivity contribution in [3.05, 3.63) is 32.7 Å². The molecule has 2 rings (SSSR count). The summed E-state index contributed by atoms with van der Waals surface area (Å²) >= 11 is 7.14. The van der Waals surface area contributed by atoms with Gasteiger partial charge in [-0.25, -0.2) is 0 Å². The Balaban J connectivity index is 2.12. The molecule has 17 heavy (non-hydrogen) atoms. The van der Waals surface area contributed by atoms with Crippen LogP contribution in [0.1, 0.15) is 44.2 Å². The Bertz CT molecular complexity index is 354. The number of halogens is 2. The molecule has 0 aliphatic heterocycles. The first-order chi connectivity index (χ1) is 8.19. The normalized spacial score (nSPS) is 17.8. The average Bonchev–Trinajstić information content (AvgIpc) is 2.20. The molecule has 0 bridgehead atoms. The van der Waals surface area contributed by atoms with Gasteiger partial charge in [0, 0.05) is 15.0 Å². The van der Waals surface area contributed by atoms with Crippen LogP contribution in [-0.4, -0.2) is 6.54 Å². The van der Waals surface area contributed by atoms with Crippen LogP contribution in [0.3, 0.4) is 0 Å². The van der Waals surface area contributed by atoms with Crippen molar-refractivity contribution in [2.75, 3.05) is 6.54 Å².